The molecule has 0 spiro atoms. The summed E-state index contributed by atoms with van der Waals surface area (Å²) in [7, 11) is 0. The zero-order chi connectivity index (χ0) is 28.4. The molecular weight excluding hydrogens is 541 g/mol. The van der Waals surface area contributed by atoms with Crippen molar-refractivity contribution >= 4 is 22.8 Å². The highest BCUT2D eigenvalue weighted by atomic mass is 19.4. The third-order valence-corrected chi connectivity index (χ3v) is 6.67. The molecule has 15 heteroatoms. The molecule has 39 heavy (non-hydrogen) atoms. The highest BCUT2D eigenvalue weighted by molar-refractivity contribution is 5.97. The standard InChI is InChI=1S/C24H19F7N4O4/c25-10-3-13(26)18(14(27)4-10)35-6-12(23(39)32-20(9-1-2-9)24(29,30)31)19(38)11-5-15(28)22(33-21(11)35)34-7-16(36)17(37)8-34/h3-6,9,16-17,20,36-37H,1-2,7-8H2,(H,32,39)/t16-,17+,20?. The van der Waals surface area contributed by atoms with E-state index in [0.717, 1.165) is 4.90 Å². The Bertz CT molecular complexity index is 1510. The van der Waals surface area contributed by atoms with Crippen LogP contribution in [-0.2, 0) is 0 Å². The van der Waals surface area contributed by atoms with Gasteiger partial charge < -0.3 is 20.4 Å². The fraction of sp³-hybridized carbons (Fsp3) is 0.375. The molecule has 1 aliphatic heterocycles. The van der Waals surface area contributed by atoms with Crippen molar-refractivity contribution in [3.05, 3.63) is 63.5 Å². The summed E-state index contributed by atoms with van der Waals surface area (Å²) < 4.78 is 99.3. The summed E-state index contributed by atoms with van der Waals surface area (Å²) in [5.74, 6) is -8.51. The monoisotopic (exact) mass is 560 g/mol. The Hall–Kier alpha value is -3.72. The molecule has 2 aromatic heterocycles. The number of nitrogens with zero attached hydrogens (tertiary/aromatic N) is 3. The summed E-state index contributed by atoms with van der Waals surface area (Å²) in [5.41, 5.74) is -3.95. The minimum absolute atomic E-state index is 0.177. The number of benzene rings is 1. The van der Waals surface area contributed by atoms with Crippen molar-refractivity contribution in [3.8, 4) is 5.69 Å². The van der Waals surface area contributed by atoms with Crippen molar-refractivity contribution in [1.82, 2.24) is 14.9 Å². The number of anilines is 1. The lowest BCUT2D eigenvalue weighted by Gasteiger charge is -2.22. The number of halogens is 7. The summed E-state index contributed by atoms with van der Waals surface area (Å²) in [6.07, 6.45) is -6.52. The zero-order valence-electron chi connectivity index (χ0n) is 19.6. The quantitative estimate of drug-likeness (QED) is 0.415. The van der Waals surface area contributed by atoms with Gasteiger partial charge in [-0.2, -0.15) is 13.2 Å². The maximum atomic E-state index is 15.1. The van der Waals surface area contributed by atoms with Gasteiger partial charge in [-0.3, -0.25) is 14.2 Å². The van der Waals surface area contributed by atoms with Crippen LogP contribution in [0.2, 0.25) is 0 Å². The molecule has 1 unspecified atom stereocenters. The van der Waals surface area contributed by atoms with E-state index >= 15 is 4.39 Å². The van der Waals surface area contributed by atoms with Gasteiger partial charge in [0, 0.05) is 31.4 Å². The van der Waals surface area contributed by atoms with Gasteiger partial charge in [0.05, 0.1) is 17.6 Å². The summed E-state index contributed by atoms with van der Waals surface area (Å²) in [6.45, 7) is -0.582. The molecule has 8 nitrogen and oxygen atoms in total. The molecule has 0 radical (unpaired) electrons. The van der Waals surface area contributed by atoms with E-state index in [1.807, 2.05) is 0 Å². The van der Waals surface area contributed by atoms with E-state index in [4.69, 9.17) is 0 Å². The van der Waals surface area contributed by atoms with Crippen LogP contribution >= 0.6 is 0 Å². The first-order valence-corrected chi connectivity index (χ1v) is 11.7. The van der Waals surface area contributed by atoms with E-state index in [1.54, 1.807) is 5.32 Å². The van der Waals surface area contributed by atoms with Gasteiger partial charge in [-0.15, -0.1) is 0 Å². The van der Waals surface area contributed by atoms with E-state index in [1.165, 1.54) is 0 Å². The maximum Gasteiger partial charge on any atom is 0.408 e. The maximum absolute atomic E-state index is 15.1. The number of carbonyl (C=O) groups excluding carboxylic acids is 1. The van der Waals surface area contributed by atoms with Crippen LogP contribution in [0, 0.1) is 29.2 Å². The molecule has 3 aromatic rings. The van der Waals surface area contributed by atoms with Crippen LogP contribution < -0.4 is 15.6 Å². The van der Waals surface area contributed by atoms with Crippen molar-refractivity contribution in [2.45, 2.75) is 37.3 Å². The van der Waals surface area contributed by atoms with Gasteiger partial charge in [0.15, 0.2) is 28.9 Å². The average Bonchev–Trinajstić information content (AvgIpc) is 3.61. The van der Waals surface area contributed by atoms with E-state index in [0.29, 0.717) is 16.8 Å². The number of aromatic nitrogens is 2. The predicted octanol–water partition coefficient (Wildman–Crippen LogP) is 2.55. The molecule has 1 saturated carbocycles. The molecule has 208 valence electrons. The number of hydrogen-bond acceptors (Lipinski definition) is 6. The molecule has 2 fully saturated rings. The Morgan fingerprint density at radius 1 is 1.00 bits per heavy atom. The molecule has 1 amide bonds. The van der Waals surface area contributed by atoms with Gasteiger partial charge in [-0.1, -0.05) is 0 Å². The number of aliphatic hydroxyl groups excluding tert-OH is 2. The number of aliphatic hydroxyl groups is 2. The van der Waals surface area contributed by atoms with Gasteiger partial charge >= 0.3 is 6.18 Å². The number of amides is 1. The second-order valence-corrected chi connectivity index (χ2v) is 9.49. The predicted molar refractivity (Wildman–Crippen MR) is 121 cm³/mol. The number of fused-ring (bicyclic) bond motifs is 1. The number of nitrogens with one attached hydrogen (secondary N) is 1. The van der Waals surface area contributed by atoms with Crippen molar-refractivity contribution in [2.75, 3.05) is 18.0 Å². The summed E-state index contributed by atoms with van der Waals surface area (Å²) in [6, 6.07) is -1.15. The van der Waals surface area contributed by atoms with Crippen LogP contribution in [0.15, 0.2) is 29.2 Å². The SMILES string of the molecule is O=C(NC(C1CC1)C(F)(F)F)c1cn(-c2c(F)cc(F)cc2F)c2nc(N3C[C@@H](O)[C@@H](O)C3)c(F)cc2c1=O. The third-order valence-electron chi connectivity index (χ3n) is 6.67. The van der Waals surface area contributed by atoms with Gasteiger partial charge in [-0.25, -0.2) is 22.5 Å². The largest absolute Gasteiger partial charge is 0.408 e. The summed E-state index contributed by atoms with van der Waals surface area (Å²) in [5, 5.41) is 20.7. The van der Waals surface area contributed by atoms with E-state index in [-0.39, 0.29) is 38.1 Å². The van der Waals surface area contributed by atoms with Crippen molar-refractivity contribution in [1.29, 1.82) is 0 Å². The summed E-state index contributed by atoms with van der Waals surface area (Å²) >= 11 is 0. The van der Waals surface area contributed by atoms with Gasteiger partial charge in [0.1, 0.15) is 23.1 Å². The smallest absolute Gasteiger partial charge is 0.389 e. The minimum atomic E-state index is -4.85. The van der Waals surface area contributed by atoms with E-state index in [9.17, 15) is 46.1 Å². The first-order valence-electron chi connectivity index (χ1n) is 11.7. The number of hydrogen-bond donors (Lipinski definition) is 3. The summed E-state index contributed by atoms with van der Waals surface area (Å²) in [4.78, 5) is 31.1. The third kappa shape index (κ3) is 4.91. The van der Waals surface area contributed by atoms with Crippen LogP contribution in [0.3, 0.4) is 0 Å². The topological polar surface area (TPSA) is 108 Å². The molecule has 1 saturated heterocycles. The second-order valence-electron chi connectivity index (χ2n) is 9.49. The molecule has 3 N–H and O–H groups in total. The molecule has 3 heterocycles. The Morgan fingerprint density at radius 2 is 1.59 bits per heavy atom. The Balaban J connectivity index is 1.72. The van der Waals surface area contributed by atoms with Crippen LogP contribution in [0.1, 0.15) is 23.2 Å². The molecule has 5 rings (SSSR count). The number of alkyl halides is 3. The number of rotatable bonds is 5. The average molecular weight is 560 g/mol. The van der Waals surface area contributed by atoms with Crippen LogP contribution in [0.4, 0.5) is 36.6 Å². The number of pyridine rings is 2. The first-order chi connectivity index (χ1) is 18.3. The molecule has 0 bridgehead atoms. The van der Waals surface area contributed by atoms with Crippen LogP contribution in [-0.4, -0.2) is 63.2 Å². The van der Waals surface area contributed by atoms with E-state index < -0.39 is 93.1 Å². The fourth-order valence-electron chi connectivity index (χ4n) is 4.59. The Labute approximate surface area is 214 Å². The zero-order valence-corrected chi connectivity index (χ0v) is 19.6. The lowest BCUT2D eigenvalue weighted by molar-refractivity contribution is -0.158. The lowest BCUT2D eigenvalue weighted by atomic mass is 10.1. The van der Waals surface area contributed by atoms with Gasteiger partial charge in [-0.05, 0) is 24.8 Å². The molecule has 2 aliphatic rings. The highest BCUT2D eigenvalue weighted by Crippen LogP contribution is 2.40. The Morgan fingerprint density at radius 3 is 2.13 bits per heavy atom. The highest BCUT2D eigenvalue weighted by Gasteiger charge is 2.50. The van der Waals surface area contributed by atoms with Gasteiger partial charge in [0.2, 0.25) is 5.43 Å². The number of β-amino-alcohol motifs (C(OH)–C–C–N with tert-alkyl or cyclic N) is 2. The molecule has 3 atom stereocenters. The Kier molecular flexibility index (Phi) is 6.53. The normalized spacial score (nSPS) is 20.5. The van der Waals surface area contributed by atoms with Crippen molar-refractivity contribution in [2.24, 2.45) is 5.92 Å². The first kappa shape index (κ1) is 26.9. The van der Waals surface area contributed by atoms with Crippen LogP contribution in [0.5, 0.6) is 0 Å². The minimum Gasteiger partial charge on any atom is -0.389 e. The molecular formula is C24H19F7N4O4. The fourth-order valence-corrected chi connectivity index (χ4v) is 4.59. The number of carbonyl (C=O) groups is 1. The molecule has 1 aromatic carbocycles. The second kappa shape index (κ2) is 9.48. The van der Waals surface area contributed by atoms with Crippen molar-refractivity contribution in [3.63, 3.8) is 0 Å². The van der Waals surface area contributed by atoms with Gasteiger partial charge in [0.25, 0.3) is 5.91 Å². The van der Waals surface area contributed by atoms with Crippen LogP contribution in [0.25, 0.3) is 16.7 Å². The lowest BCUT2D eigenvalue weighted by Crippen LogP contribution is -2.48. The molecule has 1 aliphatic carbocycles. The van der Waals surface area contributed by atoms with E-state index in [2.05, 4.69) is 4.98 Å². The van der Waals surface area contributed by atoms with Crippen molar-refractivity contribution < 1.29 is 45.7 Å².